The van der Waals surface area contributed by atoms with Crippen molar-refractivity contribution in [3.8, 4) is 11.5 Å². The minimum absolute atomic E-state index is 0.175. The maximum atomic E-state index is 10.5. The molecule has 0 amide bonds. The summed E-state index contributed by atoms with van der Waals surface area (Å²) >= 11 is -2.36. The van der Waals surface area contributed by atoms with Crippen LogP contribution in [0.5, 0.6) is 11.5 Å². The van der Waals surface area contributed by atoms with E-state index in [1.54, 1.807) is 12.1 Å². The molecule has 18 heavy (non-hydrogen) atoms. The number of nitrogen functional groups attached to an aromatic ring is 1. The average molecular weight is 273 g/mol. The standard InChI is InChI=1S/C12H19NO4S/c1-2-3-4-5-8-16-10-6-7-12(11(13)9-10)17-18(14)15/h6-7,9H,2-5,8,13H2,1H3,(H,14,15). The highest BCUT2D eigenvalue weighted by atomic mass is 32.2. The van der Waals surface area contributed by atoms with Gasteiger partial charge in [0, 0.05) is 6.07 Å². The molecule has 1 atom stereocenters. The van der Waals surface area contributed by atoms with Gasteiger partial charge in [-0.1, -0.05) is 26.2 Å². The van der Waals surface area contributed by atoms with Gasteiger partial charge in [0.05, 0.1) is 12.3 Å². The number of benzene rings is 1. The van der Waals surface area contributed by atoms with Crippen LogP contribution in [-0.4, -0.2) is 15.4 Å². The van der Waals surface area contributed by atoms with E-state index in [1.807, 2.05) is 0 Å². The number of hydrogen-bond donors (Lipinski definition) is 2. The van der Waals surface area contributed by atoms with E-state index in [0.717, 1.165) is 12.8 Å². The fraction of sp³-hybridized carbons (Fsp3) is 0.500. The third-order valence-electron chi connectivity index (χ3n) is 2.41. The Morgan fingerprint density at radius 3 is 2.72 bits per heavy atom. The van der Waals surface area contributed by atoms with Gasteiger partial charge in [0.25, 0.3) is 0 Å². The fourth-order valence-corrected chi connectivity index (χ4v) is 1.79. The van der Waals surface area contributed by atoms with Gasteiger partial charge in [0.2, 0.25) is 0 Å². The Hall–Kier alpha value is -1.27. The molecule has 102 valence electrons. The Balaban J connectivity index is 2.43. The van der Waals surface area contributed by atoms with Crippen LogP contribution in [0.1, 0.15) is 32.6 Å². The summed E-state index contributed by atoms with van der Waals surface area (Å²) in [6.07, 6.45) is 4.56. The topological polar surface area (TPSA) is 81.8 Å². The Morgan fingerprint density at radius 1 is 1.33 bits per heavy atom. The van der Waals surface area contributed by atoms with Crippen molar-refractivity contribution in [3.63, 3.8) is 0 Å². The highest BCUT2D eigenvalue weighted by Gasteiger charge is 2.05. The number of unbranched alkanes of at least 4 members (excludes halogenated alkanes) is 3. The summed E-state index contributed by atoms with van der Waals surface area (Å²) in [5.41, 5.74) is 5.95. The molecule has 0 aliphatic rings. The van der Waals surface area contributed by atoms with Crippen molar-refractivity contribution in [3.05, 3.63) is 18.2 Å². The van der Waals surface area contributed by atoms with Gasteiger partial charge in [0.1, 0.15) is 5.75 Å². The van der Waals surface area contributed by atoms with Gasteiger partial charge in [-0.2, -0.15) is 4.21 Å². The Kier molecular flexibility index (Phi) is 6.53. The number of anilines is 1. The molecule has 3 N–H and O–H groups in total. The molecule has 1 rings (SSSR count). The van der Waals surface area contributed by atoms with Crippen LogP contribution in [0.25, 0.3) is 0 Å². The highest BCUT2D eigenvalue weighted by molar-refractivity contribution is 7.74. The highest BCUT2D eigenvalue weighted by Crippen LogP contribution is 2.27. The number of rotatable bonds is 8. The maximum absolute atomic E-state index is 10.5. The van der Waals surface area contributed by atoms with Gasteiger partial charge in [-0.05, 0) is 18.6 Å². The zero-order valence-corrected chi connectivity index (χ0v) is 11.2. The van der Waals surface area contributed by atoms with E-state index in [-0.39, 0.29) is 11.4 Å². The summed E-state index contributed by atoms with van der Waals surface area (Å²) in [6.45, 7) is 2.80. The van der Waals surface area contributed by atoms with Crippen LogP contribution in [-0.2, 0) is 11.4 Å². The first-order valence-corrected chi connectivity index (χ1v) is 6.98. The van der Waals surface area contributed by atoms with Crippen LogP contribution in [0, 0.1) is 0 Å². The molecule has 0 heterocycles. The van der Waals surface area contributed by atoms with Crippen molar-refractivity contribution < 1.29 is 17.7 Å². The average Bonchev–Trinajstić information content (AvgIpc) is 2.32. The molecule has 5 nitrogen and oxygen atoms in total. The zero-order valence-electron chi connectivity index (χ0n) is 10.4. The molecule has 1 unspecified atom stereocenters. The van der Waals surface area contributed by atoms with E-state index in [1.165, 1.54) is 18.9 Å². The van der Waals surface area contributed by atoms with E-state index in [9.17, 15) is 4.21 Å². The quantitative estimate of drug-likeness (QED) is 0.432. The largest absolute Gasteiger partial charge is 0.494 e. The number of nitrogens with two attached hydrogens (primary N) is 1. The summed E-state index contributed by atoms with van der Waals surface area (Å²) < 4.78 is 29.2. The molecule has 0 aromatic heterocycles. The fourth-order valence-electron chi connectivity index (χ4n) is 1.49. The molecule has 0 spiro atoms. The van der Waals surface area contributed by atoms with Crippen molar-refractivity contribution in [1.82, 2.24) is 0 Å². The minimum Gasteiger partial charge on any atom is -0.494 e. The normalized spacial score (nSPS) is 12.1. The van der Waals surface area contributed by atoms with Crippen molar-refractivity contribution in [1.29, 1.82) is 0 Å². The summed E-state index contributed by atoms with van der Waals surface area (Å²) in [4.78, 5) is 0. The minimum atomic E-state index is -2.36. The second-order valence-electron chi connectivity index (χ2n) is 3.91. The molecule has 0 saturated carbocycles. The molecule has 0 bridgehead atoms. The van der Waals surface area contributed by atoms with Crippen LogP contribution in [0.4, 0.5) is 5.69 Å². The van der Waals surface area contributed by atoms with Gasteiger partial charge >= 0.3 is 11.4 Å². The van der Waals surface area contributed by atoms with E-state index >= 15 is 0 Å². The Bertz CT molecular complexity index is 398. The van der Waals surface area contributed by atoms with Gasteiger partial charge < -0.3 is 14.7 Å². The molecule has 0 radical (unpaired) electrons. The summed E-state index contributed by atoms with van der Waals surface area (Å²) in [5, 5.41) is 0. The zero-order chi connectivity index (χ0) is 13.4. The van der Waals surface area contributed by atoms with Crippen LogP contribution >= 0.6 is 0 Å². The number of hydrogen-bond acceptors (Lipinski definition) is 4. The lowest BCUT2D eigenvalue weighted by Crippen LogP contribution is -2.02. The smallest absolute Gasteiger partial charge is 0.357 e. The second kappa shape index (κ2) is 7.94. The molecule has 1 aromatic carbocycles. The third-order valence-corrected chi connectivity index (χ3v) is 2.73. The van der Waals surface area contributed by atoms with Crippen LogP contribution < -0.4 is 14.7 Å². The summed E-state index contributed by atoms with van der Waals surface area (Å²) in [5.74, 6) is 0.814. The predicted molar refractivity (Wildman–Crippen MR) is 71.9 cm³/mol. The molecule has 1 aromatic rings. The van der Waals surface area contributed by atoms with Gasteiger partial charge in [-0.25, -0.2) is 0 Å². The number of ether oxygens (including phenoxy) is 1. The lowest BCUT2D eigenvalue weighted by molar-refractivity contribution is 0.305. The maximum Gasteiger partial charge on any atom is 0.357 e. The lowest BCUT2D eigenvalue weighted by Gasteiger charge is -2.09. The monoisotopic (exact) mass is 273 g/mol. The molecule has 0 aliphatic heterocycles. The van der Waals surface area contributed by atoms with Crippen molar-refractivity contribution in [2.45, 2.75) is 32.6 Å². The van der Waals surface area contributed by atoms with E-state index in [0.29, 0.717) is 12.4 Å². The third kappa shape index (κ3) is 5.37. The first kappa shape index (κ1) is 14.8. The van der Waals surface area contributed by atoms with Crippen molar-refractivity contribution >= 4 is 17.0 Å². The predicted octanol–water partition coefficient (Wildman–Crippen LogP) is 2.74. The SMILES string of the molecule is CCCCCCOc1ccc(OS(=O)O)c(N)c1. The molecule has 0 fully saturated rings. The van der Waals surface area contributed by atoms with Gasteiger partial charge in [-0.3, -0.25) is 4.55 Å². The first-order chi connectivity index (χ1) is 8.63. The molecule has 0 aliphatic carbocycles. The summed E-state index contributed by atoms with van der Waals surface area (Å²) in [7, 11) is 0. The van der Waals surface area contributed by atoms with E-state index < -0.39 is 11.4 Å². The first-order valence-electron chi connectivity index (χ1n) is 5.95. The Morgan fingerprint density at radius 2 is 2.11 bits per heavy atom. The molecule has 0 saturated heterocycles. The van der Waals surface area contributed by atoms with Crippen LogP contribution in [0.2, 0.25) is 0 Å². The lowest BCUT2D eigenvalue weighted by atomic mass is 10.2. The van der Waals surface area contributed by atoms with E-state index in [4.69, 9.17) is 15.0 Å². The van der Waals surface area contributed by atoms with Crippen molar-refractivity contribution in [2.75, 3.05) is 12.3 Å². The second-order valence-corrected chi connectivity index (χ2v) is 4.51. The van der Waals surface area contributed by atoms with Gasteiger partial charge in [0.15, 0.2) is 5.75 Å². The van der Waals surface area contributed by atoms with Crippen LogP contribution in [0.15, 0.2) is 18.2 Å². The molecular weight excluding hydrogens is 254 g/mol. The van der Waals surface area contributed by atoms with E-state index in [2.05, 4.69) is 11.1 Å². The van der Waals surface area contributed by atoms with Crippen molar-refractivity contribution in [2.24, 2.45) is 0 Å². The summed E-state index contributed by atoms with van der Waals surface area (Å²) in [6, 6.07) is 4.77. The molecular formula is C12H19NO4S. The Labute approximate surface area is 110 Å². The van der Waals surface area contributed by atoms with Gasteiger partial charge in [-0.15, -0.1) is 0 Å². The van der Waals surface area contributed by atoms with Crippen LogP contribution in [0.3, 0.4) is 0 Å². The molecule has 6 heteroatoms.